The maximum atomic E-state index is 13.5. The summed E-state index contributed by atoms with van der Waals surface area (Å²) in [4.78, 5) is 20.2. The van der Waals surface area contributed by atoms with Crippen LogP contribution in [0.1, 0.15) is 53.5 Å². The molecule has 3 unspecified atom stereocenters. The van der Waals surface area contributed by atoms with Gasteiger partial charge in [-0.25, -0.2) is 4.99 Å². The summed E-state index contributed by atoms with van der Waals surface area (Å²) in [6.07, 6.45) is 5.36. The van der Waals surface area contributed by atoms with Crippen molar-refractivity contribution in [3.8, 4) is 0 Å². The van der Waals surface area contributed by atoms with E-state index in [1.807, 2.05) is 37.1 Å². The van der Waals surface area contributed by atoms with Crippen LogP contribution in [0.15, 0.2) is 53.1 Å². The minimum Gasteiger partial charge on any atom is -0.347 e. The normalized spacial score (nSPS) is 22.1. The van der Waals surface area contributed by atoms with E-state index in [2.05, 4.69) is 66.3 Å². The first-order chi connectivity index (χ1) is 17.6. The number of anilines is 1. The largest absolute Gasteiger partial charge is 0.347 e. The standard InChI is InChI=1S/C27H41FN8O/c1-7-23(19(4)18(2)3)36-24-22(27(5,6)25(36)37)17-30-26(32-24)31-21-10-8-20(9-11-21)16-29-12-13-34-14-15-35(28)33-34/h8-11,14-15,17-19,23,26,29,31-33H,7,12-13,16H2,1-6H3. The Balaban J connectivity index is 1.35. The first-order valence-corrected chi connectivity index (χ1v) is 13.2. The Labute approximate surface area is 219 Å². The lowest BCUT2D eigenvalue weighted by molar-refractivity contribution is -0.137. The van der Waals surface area contributed by atoms with Gasteiger partial charge in [-0.05, 0) is 49.8 Å². The topological polar surface area (TPSA) is 87.3 Å². The second kappa shape index (κ2) is 11.1. The predicted molar refractivity (Wildman–Crippen MR) is 145 cm³/mol. The molecule has 0 bridgehead atoms. The number of nitrogens with one attached hydrogen (secondary N) is 4. The van der Waals surface area contributed by atoms with Crippen LogP contribution in [0.25, 0.3) is 0 Å². The molecule has 0 fully saturated rings. The molecule has 3 aliphatic rings. The lowest BCUT2D eigenvalue weighted by Gasteiger charge is -2.38. The Bertz CT molecular complexity index is 1050. The number of benzene rings is 1. The van der Waals surface area contributed by atoms with Crippen molar-refractivity contribution in [2.75, 3.05) is 18.4 Å². The molecule has 4 rings (SSSR count). The third-order valence-corrected chi connectivity index (χ3v) is 7.67. The van der Waals surface area contributed by atoms with Gasteiger partial charge in [-0.1, -0.05) is 44.3 Å². The minimum absolute atomic E-state index is 0.124. The Morgan fingerprint density at radius 2 is 1.89 bits per heavy atom. The van der Waals surface area contributed by atoms with E-state index in [4.69, 9.17) is 0 Å². The molecule has 3 heterocycles. The van der Waals surface area contributed by atoms with Crippen LogP contribution in [-0.2, 0) is 11.3 Å². The van der Waals surface area contributed by atoms with Gasteiger partial charge in [0.15, 0.2) is 6.29 Å². The molecule has 1 aromatic carbocycles. The zero-order chi connectivity index (χ0) is 26.7. The van der Waals surface area contributed by atoms with Crippen molar-refractivity contribution in [1.82, 2.24) is 31.3 Å². The predicted octanol–water partition coefficient (Wildman–Crippen LogP) is 3.69. The van der Waals surface area contributed by atoms with Gasteiger partial charge in [0.25, 0.3) is 0 Å². The molecule has 3 atom stereocenters. The summed E-state index contributed by atoms with van der Waals surface area (Å²) in [5.74, 6) is 1.85. The van der Waals surface area contributed by atoms with Crippen molar-refractivity contribution in [2.45, 2.75) is 66.8 Å². The molecule has 0 aliphatic carbocycles. The number of aliphatic imine (C=N–C) groups is 1. The molecule has 0 saturated heterocycles. The number of hydrogen-bond donors (Lipinski definition) is 4. The molecule has 9 nitrogen and oxygen atoms in total. The molecule has 0 radical (unpaired) electrons. The van der Waals surface area contributed by atoms with Gasteiger partial charge in [-0.3, -0.25) is 14.7 Å². The molecule has 0 aromatic heterocycles. The summed E-state index contributed by atoms with van der Waals surface area (Å²) in [5.41, 5.74) is 4.97. The second-order valence-corrected chi connectivity index (χ2v) is 10.9. The first kappa shape index (κ1) is 26.9. The molecule has 10 heteroatoms. The van der Waals surface area contributed by atoms with Gasteiger partial charge in [0.2, 0.25) is 5.91 Å². The molecule has 202 valence electrons. The average Bonchev–Trinajstić information content (AvgIpc) is 3.37. The van der Waals surface area contributed by atoms with Crippen LogP contribution in [0.2, 0.25) is 0 Å². The number of rotatable bonds is 11. The third kappa shape index (κ3) is 5.75. The fraction of sp³-hybridized carbons (Fsp3) is 0.556. The fourth-order valence-corrected chi connectivity index (χ4v) is 5.01. The Morgan fingerprint density at radius 3 is 2.51 bits per heavy atom. The molecular formula is C27H41FN8O. The van der Waals surface area contributed by atoms with Gasteiger partial charge >= 0.3 is 0 Å². The molecule has 3 aliphatic heterocycles. The Kier molecular flexibility index (Phi) is 8.08. The van der Waals surface area contributed by atoms with E-state index in [0.29, 0.717) is 36.7 Å². The van der Waals surface area contributed by atoms with Gasteiger partial charge in [0.1, 0.15) is 5.82 Å². The SMILES string of the molecule is CCC(C(C)C(C)C)N1C(=O)C(C)(C)C2=C1NC(Nc1ccc(CNCCN3C=CN(F)N3)cc1)N=C2. The minimum atomic E-state index is -0.609. The maximum Gasteiger partial charge on any atom is 0.238 e. The average molecular weight is 513 g/mol. The fourth-order valence-electron chi connectivity index (χ4n) is 5.01. The van der Waals surface area contributed by atoms with Crippen LogP contribution in [-0.4, -0.2) is 52.7 Å². The summed E-state index contributed by atoms with van der Waals surface area (Å²) in [6, 6.07) is 8.31. The van der Waals surface area contributed by atoms with E-state index in [1.54, 1.807) is 11.2 Å². The molecule has 1 aromatic rings. The third-order valence-electron chi connectivity index (χ3n) is 7.67. The van der Waals surface area contributed by atoms with Crippen LogP contribution in [0.3, 0.4) is 0 Å². The second-order valence-electron chi connectivity index (χ2n) is 10.9. The highest BCUT2D eigenvalue weighted by atomic mass is 19.2. The molecule has 37 heavy (non-hydrogen) atoms. The molecular weight excluding hydrogens is 471 g/mol. The van der Waals surface area contributed by atoms with Crippen LogP contribution < -0.4 is 21.5 Å². The van der Waals surface area contributed by atoms with Crippen LogP contribution in [0.4, 0.5) is 10.2 Å². The number of hydrogen-bond acceptors (Lipinski definition) is 8. The van der Waals surface area contributed by atoms with E-state index < -0.39 is 5.41 Å². The van der Waals surface area contributed by atoms with Crippen molar-refractivity contribution in [3.63, 3.8) is 0 Å². The zero-order valence-electron chi connectivity index (χ0n) is 22.8. The summed E-state index contributed by atoms with van der Waals surface area (Å²) < 4.78 is 12.9. The van der Waals surface area contributed by atoms with Crippen molar-refractivity contribution in [2.24, 2.45) is 22.2 Å². The van der Waals surface area contributed by atoms with Gasteiger partial charge in [0, 0.05) is 49.4 Å². The van der Waals surface area contributed by atoms with E-state index in [1.165, 1.54) is 6.20 Å². The smallest absolute Gasteiger partial charge is 0.238 e. The van der Waals surface area contributed by atoms with Gasteiger partial charge in [0.05, 0.1) is 11.6 Å². The number of halogens is 1. The highest BCUT2D eigenvalue weighted by Gasteiger charge is 2.50. The van der Waals surface area contributed by atoms with Crippen molar-refractivity contribution < 1.29 is 9.28 Å². The highest BCUT2D eigenvalue weighted by molar-refractivity contribution is 6.01. The Morgan fingerprint density at radius 1 is 1.16 bits per heavy atom. The highest BCUT2D eigenvalue weighted by Crippen LogP contribution is 2.42. The molecule has 1 amide bonds. The first-order valence-electron chi connectivity index (χ1n) is 13.2. The molecule has 0 saturated carbocycles. The molecule has 4 N–H and O–H groups in total. The number of amides is 1. The summed E-state index contributed by atoms with van der Waals surface area (Å²) in [7, 11) is 0. The quantitative estimate of drug-likeness (QED) is 0.266. The molecule has 0 spiro atoms. The lowest BCUT2D eigenvalue weighted by Crippen LogP contribution is -2.49. The number of nitrogens with zero attached hydrogens (tertiary/aromatic N) is 4. The van der Waals surface area contributed by atoms with Crippen LogP contribution in [0.5, 0.6) is 0 Å². The van der Waals surface area contributed by atoms with E-state index in [-0.39, 0.29) is 18.2 Å². The van der Waals surface area contributed by atoms with Gasteiger partial charge in [-0.2, -0.15) is 0 Å². The van der Waals surface area contributed by atoms with E-state index in [9.17, 15) is 9.28 Å². The number of hydrazine groups is 2. The zero-order valence-corrected chi connectivity index (χ0v) is 22.8. The monoisotopic (exact) mass is 512 g/mol. The number of carbonyl (C=O) groups excluding carboxylic acids is 1. The van der Waals surface area contributed by atoms with E-state index in [0.717, 1.165) is 29.1 Å². The van der Waals surface area contributed by atoms with Crippen molar-refractivity contribution >= 4 is 17.8 Å². The van der Waals surface area contributed by atoms with Gasteiger partial charge in [-0.15, -0.1) is 10.8 Å². The van der Waals surface area contributed by atoms with Crippen LogP contribution in [0, 0.1) is 17.3 Å². The van der Waals surface area contributed by atoms with Crippen molar-refractivity contribution in [1.29, 1.82) is 0 Å². The lowest BCUT2D eigenvalue weighted by atomic mass is 9.85. The van der Waals surface area contributed by atoms with Crippen molar-refractivity contribution in [3.05, 3.63) is 53.6 Å². The Hall–Kier alpha value is -3.11. The van der Waals surface area contributed by atoms with E-state index >= 15 is 0 Å². The summed E-state index contributed by atoms with van der Waals surface area (Å²) in [5, 5.41) is 12.4. The summed E-state index contributed by atoms with van der Waals surface area (Å²) in [6.45, 7) is 14.9. The number of carbonyl (C=O) groups is 1. The maximum absolute atomic E-state index is 13.5. The summed E-state index contributed by atoms with van der Waals surface area (Å²) >= 11 is 0. The van der Waals surface area contributed by atoms with Crippen LogP contribution >= 0.6 is 0 Å². The van der Waals surface area contributed by atoms with Gasteiger partial charge < -0.3 is 16.0 Å².